The van der Waals surface area contributed by atoms with Gasteiger partial charge < -0.3 is 0 Å². The number of hydrogen-bond donors (Lipinski definition) is 0. The average molecular weight is 331 g/mol. The van der Waals surface area contributed by atoms with Gasteiger partial charge in [-0.2, -0.15) is 10.4 Å². The summed E-state index contributed by atoms with van der Waals surface area (Å²) in [6.07, 6.45) is 8.95. The molecule has 0 radical (unpaired) electrons. The van der Waals surface area contributed by atoms with Crippen molar-refractivity contribution in [3.63, 3.8) is 0 Å². The number of hydrogen-bond acceptors (Lipinski definition) is 2. The fraction of sp³-hybridized carbons (Fsp3) is 0.524. The van der Waals surface area contributed by atoms with Gasteiger partial charge in [-0.05, 0) is 46.7 Å². The molecule has 0 N–H and O–H groups in total. The van der Waals surface area contributed by atoms with E-state index in [0.29, 0.717) is 23.5 Å². The molecular weight excluding hydrogens is 305 g/mol. The van der Waals surface area contributed by atoms with E-state index in [4.69, 9.17) is 0 Å². The molecule has 0 bridgehead atoms. The van der Waals surface area contributed by atoms with Gasteiger partial charge in [0.05, 0.1) is 11.3 Å². The van der Waals surface area contributed by atoms with Crippen LogP contribution < -0.4 is 5.46 Å². The van der Waals surface area contributed by atoms with Crippen LogP contribution in [0, 0.1) is 22.2 Å². The minimum absolute atomic E-state index is 0.337. The second kappa shape index (κ2) is 5.49. The van der Waals surface area contributed by atoms with Crippen molar-refractivity contribution >= 4 is 12.2 Å². The molecule has 25 heavy (non-hydrogen) atoms. The predicted octanol–water partition coefficient (Wildman–Crippen LogP) is 4.39. The summed E-state index contributed by atoms with van der Waals surface area (Å²) in [5, 5.41) is 14.3. The molecule has 1 aromatic carbocycles. The summed E-state index contributed by atoms with van der Waals surface area (Å²) in [5.41, 5.74) is 4.90. The predicted molar refractivity (Wildman–Crippen MR) is 103 cm³/mol. The van der Waals surface area contributed by atoms with Crippen LogP contribution in [0.15, 0.2) is 30.6 Å². The van der Waals surface area contributed by atoms with Gasteiger partial charge in [-0.1, -0.05) is 52.5 Å². The Morgan fingerprint density at radius 3 is 2.44 bits per heavy atom. The van der Waals surface area contributed by atoms with Gasteiger partial charge in [0.15, 0.2) is 6.71 Å². The molecule has 1 aliphatic heterocycles. The fourth-order valence-electron chi connectivity index (χ4n) is 4.38. The van der Waals surface area contributed by atoms with Crippen molar-refractivity contribution in [1.82, 2.24) is 9.78 Å². The summed E-state index contributed by atoms with van der Waals surface area (Å²) in [5.74, 6) is 0.570. The van der Waals surface area contributed by atoms with Gasteiger partial charge in [-0.15, -0.1) is 0 Å². The molecule has 0 unspecified atom stereocenters. The van der Waals surface area contributed by atoms with E-state index >= 15 is 0 Å². The molecule has 0 atom stereocenters. The SMILES string of the molecule is CC1(C)CB(c2cnn(-c3cccc(C4CC4)c3C#N)c2)CC1(C)C. The van der Waals surface area contributed by atoms with Crippen molar-refractivity contribution in [3.05, 3.63) is 41.7 Å². The maximum absolute atomic E-state index is 9.70. The maximum Gasteiger partial charge on any atom is 0.181 e. The van der Waals surface area contributed by atoms with Crippen molar-refractivity contribution in [2.75, 3.05) is 0 Å². The largest absolute Gasteiger partial charge is 0.240 e. The van der Waals surface area contributed by atoms with E-state index in [1.807, 2.05) is 16.9 Å². The maximum atomic E-state index is 9.70. The zero-order valence-electron chi connectivity index (χ0n) is 15.7. The minimum atomic E-state index is 0.337. The number of nitrogens with zero attached hydrogens (tertiary/aromatic N) is 3. The van der Waals surface area contributed by atoms with Crippen LogP contribution in [0.4, 0.5) is 0 Å². The van der Waals surface area contributed by atoms with Crippen LogP contribution in [-0.4, -0.2) is 16.5 Å². The number of aromatic nitrogens is 2. The van der Waals surface area contributed by atoms with Gasteiger partial charge in [0.25, 0.3) is 0 Å². The third-order valence-corrected chi connectivity index (χ3v) is 6.87. The number of benzene rings is 1. The van der Waals surface area contributed by atoms with Crippen LogP contribution in [0.1, 0.15) is 57.6 Å². The van der Waals surface area contributed by atoms with Gasteiger partial charge in [0, 0.05) is 12.4 Å². The molecule has 4 rings (SSSR count). The number of nitriles is 1. The highest BCUT2D eigenvalue weighted by molar-refractivity contribution is 6.74. The summed E-state index contributed by atoms with van der Waals surface area (Å²) in [4.78, 5) is 0. The lowest BCUT2D eigenvalue weighted by molar-refractivity contribution is 0.177. The molecule has 2 aliphatic rings. The second-order valence-electron chi connectivity index (χ2n) is 9.22. The van der Waals surface area contributed by atoms with E-state index < -0.39 is 0 Å². The lowest BCUT2D eigenvalue weighted by Crippen LogP contribution is -2.26. The monoisotopic (exact) mass is 331 g/mol. The van der Waals surface area contributed by atoms with Crippen LogP contribution in [0.3, 0.4) is 0 Å². The highest BCUT2D eigenvalue weighted by atomic mass is 15.3. The molecule has 128 valence electrons. The highest BCUT2D eigenvalue weighted by Gasteiger charge is 2.48. The Morgan fingerprint density at radius 1 is 1.16 bits per heavy atom. The van der Waals surface area contributed by atoms with E-state index in [-0.39, 0.29) is 0 Å². The van der Waals surface area contributed by atoms with Crippen molar-refractivity contribution in [3.8, 4) is 11.8 Å². The van der Waals surface area contributed by atoms with Crippen LogP contribution in [0.5, 0.6) is 0 Å². The molecule has 4 heteroatoms. The van der Waals surface area contributed by atoms with Crippen LogP contribution in [0.25, 0.3) is 5.69 Å². The fourth-order valence-corrected chi connectivity index (χ4v) is 4.38. The Balaban J connectivity index is 1.67. The average Bonchev–Trinajstić information content (AvgIpc) is 3.23. The van der Waals surface area contributed by atoms with Gasteiger partial charge in [0.2, 0.25) is 0 Å². The minimum Gasteiger partial charge on any atom is -0.240 e. The van der Waals surface area contributed by atoms with Crippen LogP contribution in [0.2, 0.25) is 12.6 Å². The summed E-state index contributed by atoms with van der Waals surface area (Å²) in [6, 6.07) is 8.61. The molecule has 0 spiro atoms. The molecule has 2 fully saturated rings. The Labute approximate surface area is 151 Å². The normalized spacial score (nSPS) is 21.3. The molecule has 1 saturated heterocycles. The van der Waals surface area contributed by atoms with E-state index in [0.717, 1.165) is 11.3 Å². The Hall–Kier alpha value is -2.02. The summed E-state index contributed by atoms with van der Waals surface area (Å²) in [6.45, 7) is 10.1. The van der Waals surface area contributed by atoms with Crippen molar-refractivity contribution in [2.45, 2.75) is 59.1 Å². The van der Waals surface area contributed by atoms with Gasteiger partial charge in [-0.3, -0.25) is 0 Å². The van der Waals surface area contributed by atoms with Crippen molar-refractivity contribution in [1.29, 1.82) is 5.26 Å². The first-order valence-electron chi connectivity index (χ1n) is 9.40. The van der Waals surface area contributed by atoms with Gasteiger partial charge in [-0.25, -0.2) is 4.68 Å². The number of rotatable bonds is 3. The lowest BCUT2D eigenvalue weighted by Gasteiger charge is -2.35. The second-order valence-corrected chi connectivity index (χ2v) is 9.22. The summed E-state index contributed by atoms with van der Waals surface area (Å²) >= 11 is 0. The zero-order chi connectivity index (χ0) is 17.8. The topological polar surface area (TPSA) is 41.6 Å². The first-order valence-corrected chi connectivity index (χ1v) is 9.40. The van der Waals surface area contributed by atoms with Crippen LogP contribution in [-0.2, 0) is 0 Å². The van der Waals surface area contributed by atoms with E-state index in [1.54, 1.807) is 0 Å². The Morgan fingerprint density at radius 2 is 1.84 bits per heavy atom. The lowest BCUT2D eigenvalue weighted by atomic mass is 9.43. The van der Waals surface area contributed by atoms with Gasteiger partial charge in [0.1, 0.15) is 6.07 Å². The Bertz CT molecular complexity index is 836. The molecular formula is C21H26BN3. The molecule has 1 aliphatic carbocycles. The standard InChI is InChI=1S/C21H26BN3/c1-20(2)13-22(14-21(20,3)4)16-11-24-25(12-16)19-7-5-6-17(15-8-9-15)18(19)10-23/h5-7,11-12,15H,8-9,13-14H2,1-4H3. The van der Waals surface area contributed by atoms with Crippen LogP contribution >= 0.6 is 0 Å². The third-order valence-electron chi connectivity index (χ3n) is 6.87. The highest BCUT2D eigenvalue weighted by Crippen LogP contribution is 2.52. The van der Waals surface area contributed by atoms with E-state index in [9.17, 15) is 5.26 Å². The van der Waals surface area contributed by atoms with Crippen molar-refractivity contribution in [2.24, 2.45) is 10.8 Å². The van der Waals surface area contributed by atoms with Gasteiger partial charge >= 0.3 is 0 Å². The zero-order valence-corrected chi connectivity index (χ0v) is 15.7. The molecule has 1 aromatic heterocycles. The smallest absolute Gasteiger partial charge is 0.181 e. The third kappa shape index (κ3) is 2.70. The van der Waals surface area contributed by atoms with Crippen molar-refractivity contribution < 1.29 is 0 Å². The molecule has 0 amide bonds. The first-order chi connectivity index (χ1) is 11.8. The molecule has 2 heterocycles. The van der Waals surface area contributed by atoms with E-state index in [1.165, 1.54) is 36.5 Å². The molecule has 1 saturated carbocycles. The molecule has 3 nitrogen and oxygen atoms in total. The first kappa shape index (κ1) is 16.5. The summed E-state index contributed by atoms with van der Waals surface area (Å²) < 4.78 is 1.91. The Kier molecular flexibility index (Phi) is 3.61. The van der Waals surface area contributed by atoms with E-state index in [2.05, 4.69) is 57.2 Å². The quantitative estimate of drug-likeness (QED) is 0.783. The summed E-state index contributed by atoms with van der Waals surface area (Å²) in [7, 11) is 0. The molecule has 2 aromatic rings.